The Labute approximate surface area is 127 Å². The van der Waals surface area contributed by atoms with Gasteiger partial charge in [0.25, 0.3) is 5.91 Å². The van der Waals surface area contributed by atoms with E-state index in [1.54, 1.807) is 0 Å². The SMILES string of the molecule is CCNCC1CCN(C(=O)c2cc(C)oc2C)CC1.Cl. The van der Waals surface area contributed by atoms with Gasteiger partial charge in [0.1, 0.15) is 11.5 Å². The molecule has 1 aromatic heterocycles. The molecule has 0 saturated carbocycles. The third-order valence-corrected chi connectivity index (χ3v) is 3.86. The van der Waals surface area contributed by atoms with Crippen LogP contribution in [0.3, 0.4) is 0 Å². The van der Waals surface area contributed by atoms with Gasteiger partial charge in [-0.05, 0) is 51.8 Å². The van der Waals surface area contributed by atoms with E-state index in [9.17, 15) is 4.79 Å². The quantitative estimate of drug-likeness (QED) is 0.930. The summed E-state index contributed by atoms with van der Waals surface area (Å²) in [4.78, 5) is 14.4. The van der Waals surface area contributed by atoms with Crippen molar-refractivity contribution in [2.75, 3.05) is 26.2 Å². The highest BCUT2D eigenvalue weighted by atomic mass is 35.5. The highest BCUT2D eigenvalue weighted by Crippen LogP contribution is 2.21. The minimum atomic E-state index is 0. The molecule has 0 aromatic carbocycles. The third-order valence-electron chi connectivity index (χ3n) is 3.86. The minimum Gasteiger partial charge on any atom is -0.466 e. The Hall–Kier alpha value is -1.00. The molecule has 4 nitrogen and oxygen atoms in total. The Morgan fingerprint density at radius 3 is 2.55 bits per heavy atom. The Kier molecular flexibility index (Phi) is 6.56. The molecule has 20 heavy (non-hydrogen) atoms. The predicted molar refractivity (Wildman–Crippen MR) is 82.6 cm³/mol. The lowest BCUT2D eigenvalue weighted by Gasteiger charge is -2.32. The van der Waals surface area contributed by atoms with Crippen LogP contribution in [0.1, 0.15) is 41.6 Å². The second-order valence-corrected chi connectivity index (χ2v) is 5.37. The smallest absolute Gasteiger partial charge is 0.257 e. The molecule has 1 saturated heterocycles. The molecule has 2 rings (SSSR count). The molecular weight excluding hydrogens is 276 g/mol. The molecule has 5 heteroatoms. The number of carbonyl (C=O) groups excluding carboxylic acids is 1. The van der Waals surface area contributed by atoms with Crippen LogP contribution in [0.5, 0.6) is 0 Å². The molecule has 1 N–H and O–H groups in total. The van der Waals surface area contributed by atoms with E-state index in [4.69, 9.17) is 4.42 Å². The second-order valence-electron chi connectivity index (χ2n) is 5.37. The van der Waals surface area contributed by atoms with Gasteiger partial charge in [-0.2, -0.15) is 0 Å². The number of hydrogen-bond acceptors (Lipinski definition) is 3. The monoisotopic (exact) mass is 300 g/mol. The van der Waals surface area contributed by atoms with Gasteiger partial charge in [0.2, 0.25) is 0 Å². The Morgan fingerprint density at radius 2 is 2.05 bits per heavy atom. The zero-order chi connectivity index (χ0) is 13.8. The van der Waals surface area contributed by atoms with E-state index in [-0.39, 0.29) is 18.3 Å². The molecule has 1 amide bonds. The molecule has 0 bridgehead atoms. The van der Waals surface area contributed by atoms with E-state index in [0.717, 1.165) is 56.1 Å². The molecule has 1 aliphatic heterocycles. The van der Waals surface area contributed by atoms with Crippen molar-refractivity contribution >= 4 is 18.3 Å². The number of rotatable bonds is 4. The van der Waals surface area contributed by atoms with Crippen molar-refractivity contribution in [2.24, 2.45) is 5.92 Å². The number of piperidine rings is 1. The Balaban J connectivity index is 0.00000200. The fourth-order valence-electron chi connectivity index (χ4n) is 2.70. The highest BCUT2D eigenvalue weighted by Gasteiger charge is 2.25. The van der Waals surface area contributed by atoms with E-state index < -0.39 is 0 Å². The van der Waals surface area contributed by atoms with Crippen molar-refractivity contribution in [2.45, 2.75) is 33.6 Å². The van der Waals surface area contributed by atoms with Gasteiger partial charge in [0.15, 0.2) is 0 Å². The van der Waals surface area contributed by atoms with Crippen molar-refractivity contribution in [3.8, 4) is 0 Å². The molecule has 0 radical (unpaired) electrons. The van der Waals surface area contributed by atoms with Gasteiger partial charge < -0.3 is 14.6 Å². The van der Waals surface area contributed by atoms with Gasteiger partial charge >= 0.3 is 0 Å². The van der Waals surface area contributed by atoms with Crippen LogP contribution in [0.25, 0.3) is 0 Å². The van der Waals surface area contributed by atoms with Gasteiger partial charge in [0, 0.05) is 13.1 Å². The molecule has 1 aromatic rings. The number of hydrogen-bond donors (Lipinski definition) is 1. The van der Waals surface area contributed by atoms with Crippen molar-refractivity contribution in [3.05, 3.63) is 23.2 Å². The lowest BCUT2D eigenvalue weighted by molar-refractivity contribution is 0.0688. The topological polar surface area (TPSA) is 45.5 Å². The van der Waals surface area contributed by atoms with E-state index in [0.29, 0.717) is 5.92 Å². The van der Waals surface area contributed by atoms with Crippen LogP contribution >= 0.6 is 12.4 Å². The van der Waals surface area contributed by atoms with Gasteiger partial charge in [-0.3, -0.25) is 4.79 Å². The highest BCUT2D eigenvalue weighted by molar-refractivity contribution is 5.95. The molecule has 2 heterocycles. The average molecular weight is 301 g/mol. The summed E-state index contributed by atoms with van der Waals surface area (Å²) < 4.78 is 5.44. The van der Waals surface area contributed by atoms with Crippen LogP contribution in [0, 0.1) is 19.8 Å². The lowest BCUT2D eigenvalue weighted by atomic mass is 9.96. The lowest BCUT2D eigenvalue weighted by Crippen LogP contribution is -2.40. The first-order valence-corrected chi connectivity index (χ1v) is 7.18. The summed E-state index contributed by atoms with van der Waals surface area (Å²) in [6.45, 7) is 9.68. The van der Waals surface area contributed by atoms with Crippen LogP contribution in [-0.2, 0) is 0 Å². The fraction of sp³-hybridized carbons (Fsp3) is 0.667. The minimum absolute atomic E-state index is 0. The zero-order valence-corrected chi connectivity index (χ0v) is 13.4. The summed E-state index contributed by atoms with van der Waals surface area (Å²) >= 11 is 0. The molecular formula is C15H25ClN2O2. The van der Waals surface area contributed by atoms with E-state index >= 15 is 0 Å². The number of likely N-dealkylation sites (tertiary alicyclic amines) is 1. The van der Waals surface area contributed by atoms with Crippen LogP contribution < -0.4 is 5.32 Å². The average Bonchev–Trinajstić information content (AvgIpc) is 2.75. The number of nitrogens with zero attached hydrogens (tertiary/aromatic N) is 1. The number of amides is 1. The van der Waals surface area contributed by atoms with Crippen molar-refractivity contribution in [1.82, 2.24) is 10.2 Å². The summed E-state index contributed by atoms with van der Waals surface area (Å²) in [7, 11) is 0. The summed E-state index contributed by atoms with van der Waals surface area (Å²) in [6.07, 6.45) is 2.18. The van der Waals surface area contributed by atoms with E-state index in [1.807, 2.05) is 24.8 Å². The molecule has 0 spiro atoms. The van der Waals surface area contributed by atoms with Crippen LogP contribution in [0.4, 0.5) is 0 Å². The van der Waals surface area contributed by atoms with Crippen LogP contribution in [0.2, 0.25) is 0 Å². The maximum Gasteiger partial charge on any atom is 0.257 e. The van der Waals surface area contributed by atoms with Gasteiger partial charge in [-0.1, -0.05) is 6.92 Å². The fourth-order valence-corrected chi connectivity index (χ4v) is 2.70. The van der Waals surface area contributed by atoms with E-state index in [2.05, 4.69) is 12.2 Å². The Bertz CT molecular complexity index is 437. The second kappa shape index (κ2) is 7.70. The Morgan fingerprint density at radius 1 is 1.40 bits per heavy atom. The number of carbonyl (C=O) groups is 1. The predicted octanol–water partition coefficient (Wildman–Crippen LogP) is 2.78. The van der Waals surface area contributed by atoms with Crippen molar-refractivity contribution < 1.29 is 9.21 Å². The summed E-state index contributed by atoms with van der Waals surface area (Å²) in [5.41, 5.74) is 0.725. The number of halogens is 1. The maximum atomic E-state index is 12.4. The van der Waals surface area contributed by atoms with Gasteiger partial charge in [-0.15, -0.1) is 12.4 Å². The van der Waals surface area contributed by atoms with E-state index in [1.165, 1.54) is 0 Å². The number of aryl methyl sites for hydroxylation is 2. The normalized spacial score (nSPS) is 16.1. The van der Waals surface area contributed by atoms with Crippen LogP contribution in [-0.4, -0.2) is 37.0 Å². The molecule has 1 aliphatic rings. The van der Waals surface area contributed by atoms with Gasteiger partial charge in [0.05, 0.1) is 5.56 Å². The largest absolute Gasteiger partial charge is 0.466 e. The first kappa shape index (κ1) is 17.1. The standard InChI is InChI=1S/C15H24N2O2.ClH/c1-4-16-10-13-5-7-17(8-6-13)15(18)14-9-11(2)19-12(14)3;/h9,13,16H,4-8,10H2,1-3H3;1H. The molecule has 1 fully saturated rings. The molecule has 0 atom stereocenters. The first-order valence-electron chi connectivity index (χ1n) is 7.18. The summed E-state index contributed by atoms with van der Waals surface area (Å²) in [5, 5.41) is 3.39. The maximum absolute atomic E-state index is 12.4. The van der Waals surface area contributed by atoms with Crippen molar-refractivity contribution in [3.63, 3.8) is 0 Å². The number of nitrogens with one attached hydrogen (secondary N) is 1. The van der Waals surface area contributed by atoms with Gasteiger partial charge in [-0.25, -0.2) is 0 Å². The summed E-state index contributed by atoms with van der Waals surface area (Å²) in [5.74, 6) is 2.37. The first-order chi connectivity index (χ1) is 9.11. The summed E-state index contributed by atoms with van der Waals surface area (Å²) in [6, 6.07) is 1.85. The molecule has 114 valence electrons. The van der Waals surface area contributed by atoms with Crippen LogP contribution in [0.15, 0.2) is 10.5 Å². The van der Waals surface area contributed by atoms with Crippen molar-refractivity contribution in [1.29, 1.82) is 0 Å². The number of furan rings is 1. The zero-order valence-electron chi connectivity index (χ0n) is 12.6. The third kappa shape index (κ3) is 4.00. The molecule has 0 unspecified atom stereocenters. The molecule has 0 aliphatic carbocycles.